The molecule has 154 valence electrons. The fourth-order valence-corrected chi connectivity index (χ4v) is 4.38. The highest BCUT2D eigenvalue weighted by atomic mass is 32.1. The smallest absolute Gasteiger partial charge is 0.133 e. The Balaban J connectivity index is 1.85. The van der Waals surface area contributed by atoms with Gasteiger partial charge in [-0.15, -0.1) is 11.3 Å². The van der Waals surface area contributed by atoms with Crippen LogP contribution in [-0.4, -0.2) is 21.6 Å². The maximum absolute atomic E-state index is 5.85. The molecule has 6 nitrogen and oxygen atoms in total. The van der Waals surface area contributed by atoms with Crippen LogP contribution in [0.5, 0.6) is 5.75 Å². The highest BCUT2D eigenvalue weighted by Gasteiger charge is 2.14. The van der Waals surface area contributed by atoms with E-state index in [0.29, 0.717) is 23.9 Å². The predicted molar refractivity (Wildman–Crippen MR) is 120 cm³/mol. The van der Waals surface area contributed by atoms with Crippen molar-refractivity contribution in [2.75, 3.05) is 18.1 Å². The Bertz CT molecular complexity index is 950. The van der Waals surface area contributed by atoms with E-state index in [4.69, 9.17) is 21.2 Å². The number of aromatic nitrogens is 3. The Morgan fingerprint density at radius 3 is 2.34 bits per heavy atom. The summed E-state index contributed by atoms with van der Waals surface area (Å²) in [6.45, 7) is 7.11. The molecule has 2 heterocycles. The van der Waals surface area contributed by atoms with Gasteiger partial charge < -0.3 is 16.2 Å². The van der Waals surface area contributed by atoms with Crippen molar-refractivity contribution in [1.29, 1.82) is 0 Å². The fraction of sp³-hybridized carbons (Fsp3) is 0.409. The van der Waals surface area contributed by atoms with Gasteiger partial charge in [0, 0.05) is 22.9 Å². The van der Waals surface area contributed by atoms with Crippen molar-refractivity contribution in [2.24, 2.45) is 0 Å². The number of thiazole rings is 1. The Kier molecular flexibility index (Phi) is 7.04. The summed E-state index contributed by atoms with van der Waals surface area (Å²) in [5.41, 5.74) is 15.0. The number of hydrogen-bond donors (Lipinski definition) is 2. The van der Waals surface area contributed by atoms with Crippen molar-refractivity contribution >= 4 is 23.0 Å². The van der Waals surface area contributed by atoms with Gasteiger partial charge in [-0.2, -0.15) is 0 Å². The first-order valence-corrected chi connectivity index (χ1v) is 10.9. The van der Waals surface area contributed by atoms with Crippen LogP contribution in [0.4, 0.5) is 11.6 Å². The first kappa shape index (κ1) is 21.0. The molecule has 1 aromatic carbocycles. The number of aryl methyl sites for hydroxylation is 4. The number of hydrogen-bond acceptors (Lipinski definition) is 7. The van der Waals surface area contributed by atoms with Crippen molar-refractivity contribution < 1.29 is 4.74 Å². The van der Waals surface area contributed by atoms with Crippen LogP contribution in [0.25, 0.3) is 10.6 Å². The third-order valence-electron chi connectivity index (χ3n) is 4.42. The average molecular weight is 412 g/mol. The third-order valence-corrected chi connectivity index (χ3v) is 5.63. The van der Waals surface area contributed by atoms with E-state index in [1.807, 2.05) is 0 Å². The van der Waals surface area contributed by atoms with Crippen LogP contribution in [0, 0.1) is 6.92 Å². The number of benzene rings is 1. The Labute approximate surface area is 176 Å². The molecule has 0 saturated carbocycles. The molecule has 0 aliphatic rings. The molecule has 3 aromatic rings. The van der Waals surface area contributed by atoms with Crippen LogP contribution in [0.15, 0.2) is 24.3 Å². The average Bonchev–Trinajstić information content (AvgIpc) is 3.07. The molecule has 2 aromatic heterocycles. The standard InChI is InChI=1S/C22H29N5OS/c1-4-6-18-17(7-8-21-26-19(23)13-20(24)27-21)25-22(29-18)15-10-14(3)11-16(12-15)28-9-5-2/h10-13H,4-9H2,1-3H3,(H4,23,24,26,27). The van der Waals surface area contributed by atoms with Crippen molar-refractivity contribution in [3.05, 3.63) is 46.2 Å². The maximum atomic E-state index is 5.85. The van der Waals surface area contributed by atoms with Crippen LogP contribution < -0.4 is 16.2 Å². The van der Waals surface area contributed by atoms with Gasteiger partial charge >= 0.3 is 0 Å². The summed E-state index contributed by atoms with van der Waals surface area (Å²) in [5.74, 6) is 2.36. The van der Waals surface area contributed by atoms with Crippen LogP contribution in [0.1, 0.15) is 48.6 Å². The van der Waals surface area contributed by atoms with Crippen LogP contribution in [0.2, 0.25) is 0 Å². The van der Waals surface area contributed by atoms with Gasteiger partial charge in [-0.25, -0.2) is 15.0 Å². The van der Waals surface area contributed by atoms with Gasteiger partial charge in [0.1, 0.15) is 28.2 Å². The Morgan fingerprint density at radius 1 is 0.897 bits per heavy atom. The minimum Gasteiger partial charge on any atom is -0.494 e. The first-order valence-electron chi connectivity index (χ1n) is 10.1. The number of ether oxygens (including phenoxy) is 1. The quantitative estimate of drug-likeness (QED) is 0.534. The highest BCUT2D eigenvalue weighted by molar-refractivity contribution is 7.15. The lowest BCUT2D eigenvalue weighted by Gasteiger charge is -2.07. The molecule has 0 atom stereocenters. The minimum atomic E-state index is 0.402. The molecule has 0 radical (unpaired) electrons. The second kappa shape index (κ2) is 9.69. The van der Waals surface area contributed by atoms with Gasteiger partial charge in [-0.3, -0.25) is 0 Å². The van der Waals surface area contributed by atoms with E-state index in [1.165, 1.54) is 10.4 Å². The highest BCUT2D eigenvalue weighted by Crippen LogP contribution is 2.32. The number of rotatable bonds is 9. The number of nitrogens with two attached hydrogens (primary N) is 2. The number of nitrogen functional groups attached to an aromatic ring is 2. The van der Waals surface area contributed by atoms with Gasteiger partial charge in [-0.1, -0.05) is 20.3 Å². The first-order chi connectivity index (χ1) is 14.0. The molecular weight excluding hydrogens is 382 g/mol. The van der Waals surface area contributed by atoms with Crippen molar-refractivity contribution in [3.8, 4) is 16.3 Å². The predicted octanol–water partition coefficient (Wildman–Crippen LogP) is 4.60. The SMILES string of the molecule is CCCOc1cc(C)cc(-c2nc(CCc3nc(N)cc(N)n3)c(CCC)s2)c1. The van der Waals surface area contributed by atoms with E-state index in [2.05, 4.69) is 48.9 Å². The normalized spacial score (nSPS) is 11.0. The molecular formula is C22H29N5OS. The summed E-state index contributed by atoms with van der Waals surface area (Å²) in [7, 11) is 0. The van der Waals surface area contributed by atoms with E-state index in [-0.39, 0.29) is 0 Å². The van der Waals surface area contributed by atoms with Gasteiger partial charge in [0.05, 0.1) is 12.3 Å². The molecule has 0 bridgehead atoms. The monoisotopic (exact) mass is 411 g/mol. The Morgan fingerprint density at radius 2 is 1.66 bits per heavy atom. The van der Waals surface area contributed by atoms with Crippen molar-refractivity contribution in [1.82, 2.24) is 15.0 Å². The second-order valence-electron chi connectivity index (χ2n) is 7.16. The summed E-state index contributed by atoms with van der Waals surface area (Å²) >= 11 is 1.76. The molecule has 0 aliphatic carbocycles. The maximum Gasteiger partial charge on any atom is 0.133 e. The zero-order valence-electron chi connectivity index (χ0n) is 17.4. The topological polar surface area (TPSA) is 99.9 Å². The van der Waals surface area contributed by atoms with E-state index >= 15 is 0 Å². The second-order valence-corrected chi connectivity index (χ2v) is 8.24. The minimum absolute atomic E-state index is 0.402. The summed E-state index contributed by atoms with van der Waals surface area (Å²) in [6.07, 6.45) is 4.50. The number of anilines is 2. The summed E-state index contributed by atoms with van der Waals surface area (Å²) in [4.78, 5) is 14.9. The lowest BCUT2D eigenvalue weighted by molar-refractivity contribution is 0.317. The van der Waals surface area contributed by atoms with Gasteiger partial charge in [0.25, 0.3) is 0 Å². The molecule has 0 fully saturated rings. The van der Waals surface area contributed by atoms with E-state index in [0.717, 1.165) is 54.3 Å². The Hall–Kier alpha value is -2.67. The van der Waals surface area contributed by atoms with Crippen molar-refractivity contribution in [2.45, 2.75) is 52.9 Å². The molecule has 0 aliphatic heterocycles. The molecule has 7 heteroatoms. The van der Waals surface area contributed by atoms with E-state index in [9.17, 15) is 0 Å². The zero-order valence-corrected chi connectivity index (χ0v) is 18.2. The molecule has 0 spiro atoms. The van der Waals surface area contributed by atoms with E-state index in [1.54, 1.807) is 17.4 Å². The van der Waals surface area contributed by atoms with Crippen LogP contribution in [-0.2, 0) is 19.3 Å². The summed E-state index contributed by atoms with van der Waals surface area (Å²) in [6, 6.07) is 7.90. The van der Waals surface area contributed by atoms with Crippen molar-refractivity contribution in [3.63, 3.8) is 0 Å². The van der Waals surface area contributed by atoms with E-state index < -0.39 is 0 Å². The van der Waals surface area contributed by atoms with Crippen LogP contribution >= 0.6 is 11.3 Å². The summed E-state index contributed by atoms with van der Waals surface area (Å²) < 4.78 is 5.85. The molecule has 0 unspecified atom stereocenters. The summed E-state index contributed by atoms with van der Waals surface area (Å²) in [5, 5.41) is 1.03. The molecule has 3 rings (SSSR count). The fourth-order valence-electron chi connectivity index (χ4n) is 3.18. The molecule has 4 N–H and O–H groups in total. The molecule has 29 heavy (non-hydrogen) atoms. The number of nitrogens with zero attached hydrogens (tertiary/aromatic N) is 3. The van der Waals surface area contributed by atoms with Gasteiger partial charge in [-0.05, 0) is 49.9 Å². The van der Waals surface area contributed by atoms with Gasteiger partial charge in [0.2, 0.25) is 0 Å². The largest absolute Gasteiger partial charge is 0.494 e. The third kappa shape index (κ3) is 5.67. The van der Waals surface area contributed by atoms with Crippen LogP contribution in [0.3, 0.4) is 0 Å². The molecule has 0 amide bonds. The lowest BCUT2D eigenvalue weighted by atomic mass is 10.1. The van der Waals surface area contributed by atoms with Gasteiger partial charge in [0.15, 0.2) is 0 Å². The zero-order chi connectivity index (χ0) is 20.8. The lowest BCUT2D eigenvalue weighted by Crippen LogP contribution is -2.05. The molecule has 0 saturated heterocycles.